The van der Waals surface area contributed by atoms with Crippen LogP contribution in [0.5, 0.6) is 5.75 Å². The highest BCUT2D eigenvalue weighted by atomic mass is 19.1. The lowest BCUT2D eigenvalue weighted by Gasteiger charge is -2.16. The minimum Gasteiger partial charge on any atom is -0.490 e. The van der Waals surface area contributed by atoms with Gasteiger partial charge in [0.1, 0.15) is 6.54 Å². The summed E-state index contributed by atoms with van der Waals surface area (Å²) in [6.45, 7) is 3.02. The molecule has 1 aromatic rings. The summed E-state index contributed by atoms with van der Waals surface area (Å²) in [5.74, 6) is 0.0402. The molecule has 1 aliphatic carbocycles. The lowest BCUT2D eigenvalue weighted by Crippen LogP contribution is -2.29. The number of benzene rings is 1. The van der Waals surface area contributed by atoms with Gasteiger partial charge in [0, 0.05) is 13.0 Å². The highest BCUT2D eigenvalue weighted by Crippen LogP contribution is 2.31. The van der Waals surface area contributed by atoms with Gasteiger partial charge in [-0.1, -0.05) is 12.5 Å². The number of hydrogen-bond donors (Lipinski definition) is 2. The van der Waals surface area contributed by atoms with E-state index in [0.717, 1.165) is 31.2 Å². The van der Waals surface area contributed by atoms with E-state index in [1.54, 1.807) is 12.1 Å². The molecule has 4 amide bonds. The van der Waals surface area contributed by atoms with Crippen LogP contribution in [0.3, 0.4) is 0 Å². The summed E-state index contributed by atoms with van der Waals surface area (Å²) in [4.78, 5) is 36.2. The van der Waals surface area contributed by atoms with Crippen molar-refractivity contribution in [1.29, 1.82) is 0 Å². The van der Waals surface area contributed by atoms with Crippen molar-refractivity contribution in [3.8, 4) is 5.75 Å². The van der Waals surface area contributed by atoms with Gasteiger partial charge in [-0.05, 0) is 56.2 Å². The van der Waals surface area contributed by atoms with Crippen molar-refractivity contribution >= 4 is 17.8 Å². The fourth-order valence-electron chi connectivity index (χ4n) is 3.22. The maximum Gasteiger partial charge on any atom is 0.324 e. The molecule has 0 bridgehead atoms. The van der Waals surface area contributed by atoms with E-state index in [2.05, 4.69) is 10.6 Å². The van der Waals surface area contributed by atoms with Gasteiger partial charge in [-0.25, -0.2) is 9.18 Å². The number of unbranched alkanes of at least 4 members (excludes halogenated alkanes) is 2. The predicted molar refractivity (Wildman–Crippen MR) is 105 cm³/mol. The van der Waals surface area contributed by atoms with E-state index < -0.39 is 0 Å². The molecule has 2 N–H and O–H groups in total. The van der Waals surface area contributed by atoms with Crippen LogP contribution in [0.1, 0.15) is 57.1 Å². The number of rotatable bonds is 11. The number of carbonyl (C=O) groups is 3. The molecule has 29 heavy (non-hydrogen) atoms. The first-order chi connectivity index (χ1) is 13.9. The monoisotopic (exact) mass is 405 g/mol. The zero-order valence-corrected chi connectivity index (χ0v) is 16.7. The maximum absolute atomic E-state index is 13.9. The number of carbonyl (C=O) groups excluding carboxylic acids is 3. The second kappa shape index (κ2) is 9.71. The minimum absolute atomic E-state index is 0.0728. The van der Waals surface area contributed by atoms with Gasteiger partial charge in [0.2, 0.25) is 11.8 Å². The summed E-state index contributed by atoms with van der Waals surface area (Å²) in [6.07, 6.45) is 4.87. The van der Waals surface area contributed by atoms with E-state index in [1.165, 1.54) is 11.0 Å². The number of amides is 4. The third kappa shape index (κ3) is 6.44. The van der Waals surface area contributed by atoms with E-state index in [0.29, 0.717) is 31.9 Å². The lowest BCUT2D eigenvalue weighted by molar-refractivity contribution is -0.122. The Balaban J connectivity index is 1.35. The molecule has 0 aromatic heterocycles. The molecule has 3 rings (SSSR count). The molecule has 0 unspecified atom stereocenters. The molecule has 2 aliphatic rings. The topological polar surface area (TPSA) is 87.7 Å². The second-order valence-electron chi connectivity index (χ2n) is 7.82. The number of nitrogens with zero attached hydrogens (tertiary/aromatic N) is 1. The first-order valence-corrected chi connectivity index (χ1v) is 10.2. The summed E-state index contributed by atoms with van der Waals surface area (Å²) in [6, 6.07) is 4.10. The van der Waals surface area contributed by atoms with E-state index in [9.17, 15) is 18.8 Å². The third-order valence-corrected chi connectivity index (χ3v) is 5.20. The molecule has 1 aromatic carbocycles. The molecule has 8 heteroatoms. The fraction of sp³-hybridized carbons (Fsp3) is 0.571. The average Bonchev–Trinajstić information content (AvgIpc) is 3.44. The standard InChI is InChI=1S/C21H28FN3O4/c1-14(16-8-9-17(22)18(11-16)29-13-15-6-7-15)23-19(26)5-3-2-4-10-25-12-20(27)24-21(25)28/h8-9,11,14-15H,2-7,10,12-13H2,1H3,(H,23,26)(H,24,27,28)/t14-/m1/s1. The summed E-state index contributed by atoms with van der Waals surface area (Å²) in [5.41, 5.74) is 0.801. The molecule has 1 aliphatic heterocycles. The fourth-order valence-corrected chi connectivity index (χ4v) is 3.22. The highest BCUT2D eigenvalue weighted by molar-refractivity contribution is 6.01. The molecule has 0 spiro atoms. The van der Waals surface area contributed by atoms with Crippen LogP contribution < -0.4 is 15.4 Å². The van der Waals surface area contributed by atoms with Crippen molar-refractivity contribution in [2.45, 2.75) is 51.5 Å². The molecular weight excluding hydrogens is 377 g/mol. The predicted octanol–water partition coefficient (Wildman–Crippen LogP) is 2.90. The Morgan fingerprint density at radius 2 is 2.10 bits per heavy atom. The first kappa shape index (κ1) is 21.1. The van der Waals surface area contributed by atoms with Crippen LogP contribution in [0.2, 0.25) is 0 Å². The van der Waals surface area contributed by atoms with Crippen LogP contribution in [0, 0.1) is 11.7 Å². The van der Waals surface area contributed by atoms with Crippen LogP contribution in [0.4, 0.5) is 9.18 Å². The molecule has 1 saturated carbocycles. The van der Waals surface area contributed by atoms with Crippen molar-refractivity contribution in [3.63, 3.8) is 0 Å². The minimum atomic E-state index is -0.388. The van der Waals surface area contributed by atoms with Gasteiger partial charge in [0.05, 0.1) is 12.6 Å². The van der Waals surface area contributed by atoms with E-state index >= 15 is 0 Å². The highest BCUT2D eigenvalue weighted by Gasteiger charge is 2.25. The number of ether oxygens (including phenoxy) is 1. The Kier molecular flexibility index (Phi) is 7.06. The zero-order valence-electron chi connectivity index (χ0n) is 16.7. The molecule has 1 atom stereocenters. The van der Waals surface area contributed by atoms with Crippen molar-refractivity contribution in [3.05, 3.63) is 29.6 Å². The first-order valence-electron chi connectivity index (χ1n) is 10.2. The largest absolute Gasteiger partial charge is 0.490 e. The van der Waals surface area contributed by atoms with Crippen LogP contribution >= 0.6 is 0 Å². The summed E-state index contributed by atoms with van der Waals surface area (Å²) < 4.78 is 19.5. The normalized spacial score (nSPS) is 17.2. The van der Waals surface area contributed by atoms with E-state index in [1.807, 2.05) is 6.92 Å². The Morgan fingerprint density at radius 1 is 1.31 bits per heavy atom. The molecule has 1 saturated heterocycles. The second-order valence-corrected chi connectivity index (χ2v) is 7.82. The van der Waals surface area contributed by atoms with Crippen molar-refractivity contribution in [2.24, 2.45) is 5.92 Å². The Labute approximate surface area is 170 Å². The van der Waals surface area contributed by atoms with Gasteiger partial charge in [-0.15, -0.1) is 0 Å². The van der Waals surface area contributed by atoms with Crippen molar-refractivity contribution in [1.82, 2.24) is 15.5 Å². The van der Waals surface area contributed by atoms with Crippen LogP contribution in [0.15, 0.2) is 18.2 Å². The molecule has 7 nitrogen and oxygen atoms in total. The smallest absolute Gasteiger partial charge is 0.324 e. The van der Waals surface area contributed by atoms with Gasteiger partial charge >= 0.3 is 6.03 Å². The number of nitrogens with one attached hydrogen (secondary N) is 2. The van der Waals surface area contributed by atoms with E-state index in [-0.39, 0.29) is 42.0 Å². The quantitative estimate of drug-likeness (QED) is 0.438. The van der Waals surface area contributed by atoms with Crippen LogP contribution in [0.25, 0.3) is 0 Å². The lowest BCUT2D eigenvalue weighted by atomic mass is 10.1. The summed E-state index contributed by atoms with van der Waals surface area (Å²) in [7, 11) is 0. The molecule has 158 valence electrons. The number of urea groups is 1. The Bertz CT molecular complexity index is 766. The third-order valence-electron chi connectivity index (χ3n) is 5.20. The van der Waals surface area contributed by atoms with Crippen molar-refractivity contribution < 1.29 is 23.5 Å². The van der Waals surface area contributed by atoms with Crippen molar-refractivity contribution in [2.75, 3.05) is 19.7 Å². The molecular formula is C21H28FN3O4. The number of imide groups is 1. The van der Waals surface area contributed by atoms with Gasteiger partial charge in [0.15, 0.2) is 11.6 Å². The average molecular weight is 405 g/mol. The van der Waals surface area contributed by atoms with Gasteiger partial charge in [0.25, 0.3) is 0 Å². The number of hydrogen-bond acceptors (Lipinski definition) is 4. The van der Waals surface area contributed by atoms with Crippen LogP contribution in [-0.2, 0) is 9.59 Å². The van der Waals surface area contributed by atoms with Gasteiger partial charge in [-0.2, -0.15) is 0 Å². The Hall–Kier alpha value is -2.64. The Morgan fingerprint density at radius 3 is 2.79 bits per heavy atom. The van der Waals surface area contributed by atoms with Gasteiger partial charge < -0.3 is 15.0 Å². The SMILES string of the molecule is C[C@@H](NC(=O)CCCCCN1CC(=O)NC1=O)c1ccc(F)c(OCC2CC2)c1. The molecule has 0 radical (unpaired) electrons. The summed E-state index contributed by atoms with van der Waals surface area (Å²) in [5, 5.41) is 5.17. The summed E-state index contributed by atoms with van der Waals surface area (Å²) >= 11 is 0. The zero-order chi connectivity index (χ0) is 20.8. The number of halogens is 1. The van der Waals surface area contributed by atoms with Gasteiger partial charge in [-0.3, -0.25) is 14.9 Å². The van der Waals surface area contributed by atoms with E-state index in [4.69, 9.17) is 4.74 Å². The van der Waals surface area contributed by atoms with Crippen LogP contribution in [-0.4, -0.2) is 42.4 Å². The maximum atomic E-state index is 13.9. The molecule has 2 fully saturated rings. The molecule has 1 heterocycles.